The van der Waals surface area contributed by atoms with E-state index in [4.69, 9.17) is 11.6 Å². The van der Waals surface area contributed by atoms with Gasteiger partial charge in [-0.1, -0.05) is 29.8 Å². The molecule has 3 rings (SSSR count). The molecule has 0 saturated carbocycles. The number of sulfonamides is 1. The second kappa shape index (κ2) is 6.76. The molecule has 0 aliphatic carbocycles. The van der Waals surface area contributed by atoms with Crippen LogP contribution in [-0.2, 0) is 10.0 Å². The topological polar surface area (TPSA) is 62.3 Å². The summed E-state index contributed by atoms with van der Waals surface area (Å²) in [6.45, 7) is 1.18. The predicted molar refractivity (Wildman–Crippen MR) is 95.6 cm³/mol. The van der Waals surface area contributed by atoms with Crippen LogP contribution in [0.5, 0.6) is 0 Å². The van der Waals surface area contributed by atoms with Gasteiger partial charge in [0.05, 0.1) is 11.9 Å². The van der Waals surface area contributed by atoms with E-state index in [2.05, 4.69) is 10.3 Å². The summed E-state index contributed by atoms with van der Waals surface area (Å²) in [7, 11) is -3.14. The number of halogens is 1. The third-order valence-corrected chi connectivity index (χ3v) is 6.35. The first kappa shape index (κ1) is 16.7. The number of aromatic nitrogens is 1. The lowest BCUT2D eigenvalue weighted by atomic mass is 10.2. The third kappa shape index (κ3) is 3.85. The molecule has 2 aromatic rings. The smallest absolute Gasteiger partial charge is 0.211 e. The number of hydrogen-bond donors (Lipinski definition) is 1. The highest BCUT2D eigenvalue weighted by Gasteiger charge is 2.31. The Balaban J connectivity index is 1.67. The molecule has 1 atom stereocenters. The van der Waals surface area contributed by atoms with Crippen molar-refractivity contribution in [1.29, 1.82) is 0 Å². The van der Waals surface area contributed by atoms with Crippen molar-refractivity contribution >= 4 is 38.1 Å². The molecule has 23 heavy (non-hydrogen) atoms. The monoisotopic (exact) mass is 371 g/mol. The quantitative estimate of drug-likeness (QED) is 0.875. The minimum atomic E-state index is -3.14. The van der Waals surface area contributed by atoms with Gasteiger partial charge in [-0.2, -0.15) is 4.31 Å². The Labute approximate surface area is 145 Å². The lowest BCUT2D eigenvalue weighted by molar-refractivity contribution is 0.402. The Morgan fingerprint density at radius 3 is 2.96 bits per heavy atom. The van der Waals surface area contributed by atoms with Crippen LogP contribution in [0.2, 0.25) is 5.02 Å². The highest BCUT2D eigenvalue weighted by atomic mass is 35.5. The zero-order chi connectivity index (χ0) is 16.4. The minimum absolute atomic E-state index is 0.00216. The summed E-state index contributed by atoms with van der Waals surface area (Å²) in [5.74, 6) is 0. The van der Waals surface area contributed by atoms with Crippen molar-refractivity contribution in [3.8, 4) is 11.3 Å². The van der Waals surface area contributed by atoms with Crippen LogP contribution < -0.4 is 5.32 Å². The van der Waals surface area contributed by atoms with E-state index in [9.17, 15) is 8.42 Å². The summed E-state index contributed by atoms with van der Waals surface area (Å²) in [6, 6.07) is 7.58. The lowest BCUT2D eigenvalue weighted by Gasteiger charge is -2.22. The van der Waals surface area contributed by atoms with Gasteiger partial charge in [0, 0.05) is 35.1 Å². The van der Waals surface area contributed by atoms with Gasteiger partial charge >= 0.3 is 0 Å². The van der Waals surface area contributed by atoms with E-state index in [-0.39, 0.29) is 6.04 Å². The van der Waals surface area contributed by atoms with E-state index in [1.54, 1.807) is 4.31 Å². The van der Waals surface area contributed by atoms with Gasteiger partial charge in [-0.15, -0.1) is 11.3 Å². The molecule has 1 N–H and O–H groups in total. The van der Waals surface area contributed by atoms with Crippen molar-refractivity contribution in [3.05, 3.63) is 34.7 Å². The first-order chi connectivity index (χ1) is 10.9. The van der Waals surface area contributed by atoms with Crippen LogP contribution in [0, 0.1) is 0 Å². The molecule has 0 spiro atoms. The fraction of sp³-hybridized carbons (Fsp3) is 0.400. The van der Waals surface area contributed by atoms with E-state index >= 15 is 0 Å². The van der Waals surface area contributed by atoms with Gasteiger partial charge in [-0.25, -0.2) is 13.4 Å². The molecule has 0 bridgehead atoms. The Bertz CT molecular complexity index is 792. The van der Waals surface area contributed by atoms with Crippen LogP contribution in [0.15, 0.2) is 29.6 Å². The number of nitrogens with zero attached hydrogens (tertiary/aromatic N) is 2. The van der Waals surface area contributed by atoms with E-state index < -0.39 is 10.0 Å². The number of thiazole rings is 1. The zero-order valence-corrected chi connectivity index (χ0v) is 15.1. The summed E-state index contributed by atoms with van der Waals surface area (Å²) in [5.41, 5.74) is 1.73. The second-order valence-electron chi connectivity index (χ2n) is 5.57. The van der Waals surface area contributed by atoms with Crippen LogP contribution in [0.3, 0.4) is 0 Å². The molecule has 1 aromatic heterocycles. The Morgan fingerprint density at radius 2 is 2.22 bits per heavy atom. The number of rotatable bonds is 5. The summed E-state index contributed by atoms with van der Waals surface area (Å²) >= 11 is 7.69. The molecule has 1 aliphatic heterocycles. The van der Waals surface area contributed by atoms with Crippen LogP contribution in [0.25, 0.3) is 11.3 Å². The maximum Gasteiger partial charge on any atom is 0.211 e. The molecular formula is C15H18ClN3O2S2. The normalized spacial score (nSPS) is 19.1. The molecule has 0 unspecified atom stereocenters. The van der Waals surface area contributed by atoms with Crippen LogP contribution in [-0.4, -0.2) is 43.1 Å². The van der Waals surface area contributed by atoms with Crippen molar-refractivity contribution in [2.24, 2.45) is 0 Å². The molecule has 124 valence electrons. The van der Waals surface area contributed by atoms with E-state index in [0.29, 0.717) is 18.1 Å². The predicted octanol–water partition coefficient (Wildman–Crippen LogP) is 3.30. The second-order valence-corrected chi connectivity index (χ2v) is 8.77. The van der Waals surface area contributed by atoms with Crippen LogP contribution >= 0.6 is 22.9 Å². The van der Waals surface area contributed by atoms with Crippen molar-refractivity contribution in [3.63, 3.8) is 0 Å². The number of benzene rings is 1. The average molecular weight is 372 g/mol. The zero-order valence-electron chi connectivity index (χ0n) is 12.7. The highest BCUT2D eigenvalue weighted by molar-refractivity contribution is 7.88. The first-order valence-corrected chi connectivity index (χ1v) is 10.5. The fourth-order valence-corrected chi connectivity index (χ4v) is 4.94. The summed E-state index contributed by atoms with van der Waals surface area (Å²) in [6.07, 6.45) is 3.05. The molecular weight excluding hydrogens is 354 g/mol. The van der Waals surface area contributed by atoms with Gasteiger partial charge in [0.2, 0.25) is 10.0 Å². The van der Waals surface area contributed by atoms with E-state index in [1.165, 1.54) is 17.6 Å². The molecule has 5 nitrogen and oxygen atoms in total. The molecule has 0 amide bonds. The summed E-state index contributed by atoms with van der Waals surface area (Å²) in [4.78, 5) is 4.54. The maximum absolute atomic E-state index is 11.8. The Kier molecular flexibility index (Phi) is 4.91. The molecule has 1 saturated heterocycles. The van der Waals surface area contributed by atoms with Crippen molar-refractivity contribution < 1.29 is 8.42 Å². The number of hydrogen-bond acceptors (Lipinski definition) is 5. The Morgan fingerprint density at radius 1 is 1.43 bits per heavy atom. The van der Waals surface area contributed by atoms with E-state index in [0.717, 1.165) is 29.2 Å². The molecule has 1 aromatic carbocycles. The fourth-order valence-electron chi connectivity index (χ4n) is 2.80. The highest BCUT2D eigenvalue weighted by Crippen LogP contribution is 2.30. The van der Waals surface area contributed by atoms with Gasteiger partial charge in [0.15, 0.2) is 5.13 Å². The Hall–Kier alpha value is -1.15. The summed E-state index contributed by atoms with van der Waals surface area (Å²) < 4.78 is 25.1. The number of anilines is 1. The van der Waals surface area contributed by atoms with Crippen molar-refractivity contribution in [2.75, 3.05) is 24.7 Å². The minimum Gasteiger partial charge on any atom is -0.360 e. The molecule has 0 radical (unpaired) electrons. The molecule has 2 heterocycles. The maximum atomic E-state index is 11.8. The molecule has 8 heteroatoms. The summed E-state index contributed by atoms with van der Waals surface area (Å²) in [5, 5.41) is 6.66. The number of nitrogens with one attached hydrogen (secondary N) is 1. The third-order valence-electron chi connectivity index (χ3n) is 3.89. The van der Waals surface area contributed by atoms with Gasteiger partial charge in [-0.3, -0.25) is 0 Å². The largest absolute Gasteiger partial charge is 0.360 e. The first-order valence-electron chi connectivity index (χ1n) is 7.36. The van der Waals surface area contributed by atoms with Crippen molar-refractivity contribution in [2.45, 2.75) is 18.9 Å². The van der Waals surface area contributed by atoms with E-state index in [1.807, 2.05) is 29.6 Å². The van der Waals surface area contributed by atoms with Crippen LogP contribution in [0.1, 0.15) is 12.8 Å². The SMILES string of the molecule is CS(=O)(=O)N1CCC[C@@H]1CNc1nc(-c2ccccc2Cl)cs1. The van der Waals surface area contributed by atoms with Crippen LogP contribution in [0.4, 0.5) is 5.13 Å². The van der Waals surface area contributed by atoms with Gasteiger partial charge in [0.25, 0.3) is 0 Å². The average Bonchev–Trinajstić information content (AvgIpc) is 3.14. The van der Waals surface area contributed by atoms with Gasteiger partial charge in [-0.05, 0) is 18.9 Å². The van der Waals surface area contributed by atoms with Gasteiger partial charge in [0.1, 0.15) is 0 Å². The van der Waals surface area contributed by atoms with Crippen molar-refractivity contribution in [1.82, 2.24) is 9.29 Å². The van der Waals surface area contributed by atoms with Gasteiger partial charge < -0.3 is 5.32 Å². The molecule has 1 aliphatic rings. The standard InChI is InChI=1S/C15H18ClN3O2S2/c1-23(20,21)19-8-4-5-11(19)9-17-15-18-14(10-22-15)12-6-2-3-7-13(12)16/h2-3,6-7,10-11H,4-5,8-9H2,1H3,(H,17,18)/t11-/m1/s1. The molecule has 1 fully saturated rings. The lowest BCUT2D eigenvalue weighted by Crippen LogP contribution is -2.38.